The van der Waals surface area contributed by atoms with Crippen molar-refractivity contribution in [3.63, 3.8) is 0 Å². The van der Waals surface area contributed by atoms with E-state index in [4.69, 9.17) is 9.47 Å². The maximum Gasteiger partial charge on any atom is 0.257 e. The lowest BCUT2D eigenvalue weighted by molar-refractivity contribution is 0.102. The second kappa shape index (κ2) is 6.57. The highest BCUT2D eigenvalue weighted by molar-refractivity contribution is 6.06. The molecule has 3 heterocycles. The number of amides is 1. The van der Waals surface area contributed by atoms with Gasteiger partial charge in [-0.25, -0.2) is 4.98 Å². The van der Waals surface area contributed by atoms with Crippen LogP contribution in [0.5, 0.6) is 11.5 Å². The van der Waals surface area contributed by atoms with Gasteiger partial charge in [-0.05, 0) is 32.9 Å². The smallest absolute Gasteiger partial charge is 0.257 e. The Labute approximate surface area is 157 Å². The summed E-state index contributed by atoms with van der Waals surface area (Å²) in [5, 5.41) is 8.14. The Hall–Kier alpha value is -3.09. The molecular weight excluding hydrogens is 344 g/mol. The Bertz CT molecular complexity index is 1040. The average molecular weight is 366 g/mol. The summed E-state index contributed by atoms with van der Waals surface area (Å²) >= 11 is 0. The molecule has 0 spiro atoms. The van der Waals surface area contributed by atoms with E-state index in [1.807, 2.05) is 46.0 Å². The molecule has 0 bridgehead atoms. The van der Waals surface area contributed by atoms with Gasteiger partial charge in [-0.15, -0.1) is 0 Å². The third kappa shape index (κ3) is 3.09. The highest BCUT2D eigenvalue weighted by Crippen LogP contribution is 2.38. The highest BCUT2D eigenvalue weighted by atomic mass is 16.5. The number of hydrogen-bond donors (Lipinski definition) is 1. The molecule has 140 valence electrons. The average Bonchev–Trinajstić information content (AvgIpc) is 3.13. The van der Waals surface area contributed by atoms with Gasteiger partial charge < -0.3 is 14.8 Å². The van der Waals surface area contributed by atoms with E-state index in [1.54, 1.807) is 10.9 Å². The Morgan fingerprint density at radius 1 is 1.41 bits per heavy atom. The minimum atomic E-state index is -0.250. The summed E-state index contributed by atoms with van der Waals surface area (Å²) in [6, 6.07) is 5.60. The van der Waals surface area contributed by atoms with Gasteiger partial charge in [-0.3, -0.25) is 9.48 Å². The van der Waals surface area contributed by atoms with Crippen LogP contribution in [0, 0.1) is 6.92 Å². The standard InChI is InChI=1S/C20H22N4O3/c1-5-26-18-8-13-6-11(2)27-17(13)9-16(18)22-20(25)14-7-15-12(3)23-24(4)19(15)21-10-14/h7-11H,5-6H2,1-4H3,(H,22,25)/t11-/m0/s1. The zero-order chi connectivity index (χ0) is 19.1. The van der Waals surface area contributed by atoms with Crippen molar-refractivity contribution in [3.8, 4) is 11.5 Å². The number of aromatic nitrogens is 3. The van der Waals surface area contributed by atoms with Gasteiger partial charge in [0.1, 0.15) is 17.6 Å². The van der Waals surface area contributed by atoms with Crippen molar-refractivity contribution in [1.29, 1.82) is 0 Å². The van der Waals surface area contributed by atoms with Gasteiger partial charge in [0.05, 0.1) is 23.6 Å². The molecule has 0 radical (unpaired) electrons. The molecular formula is C20H22N4O3. The number of rotatable bonds is 4. The predicted octanol–water partition coefficient (Wildman–Crippen LogP) is 3.25. The molecule has 1 atom stereocenters. The highest BCUT2D eigenvalue weighted by Gasteiger charge is 2.23. The quantitative estimate of drug-likeness (QED) is 0.767. The Kier molecular flexibility index (Phi) is 4.22. The molecule has 0 unspecified atom stereocenters. The number of nitrogens with one attached hydrogen (secondary N) is 1. The van der Waals surface area contributed by atoms with Crippen LogP contribution in [0.3, 0.4) is 0 Å². The maximum atomic E-state index is 12.8. The number of fused-ring (bicyclic) bond motifs is 2. The van der Waals surface area contributed by atoms with Crippen molar-refractivity contribution in [1.82, 2.24) is 14.8 Å². The SMILES string of the molecule is CCOc1cc2c(cc1NC(=O)c1cnc3c(c1)c(C)nn3C)O[C@@H](C)C2. The Balaban J connectivity index is 1.66. The van der Waals surface area contributed by atoms with E-state index in [0.717, 1.165) is 34.5 Å². The van der Waals surface area contributed by atoms with E-state index < -0.39 is 0 Å². The van der Waals surface area contributed by atoms with Gasteiger partial charge in [-0.2, -0.15) is 5.10 Å². The Morgan fingerprint density at radius 3 is 3.00 bits per heavy atom. The molecule has 0 aliphatic carbocycles. The molecule has 2 aromatic heterocycles. The van der Waals surface area contributed by atoms with Crippen LogP contribution >= 0.6 is 0 Å². The Morgan fingerprint density at radius 2 is 2.22 bits per heavy atom. The van der Waals surface area contributed by atoms with Crippen LogP contribution in [-0.4, -0.2) is 33.4 Å². The lowest BCUT2D eigenvalue weighted by Crippen LogP contribution is -2.13. The number of ether oxygens (including phenoxy) is 2. The molecule has 0 saturated carbocycles. The second-order valence-electron chi connectivity index (χ2n) is 6.78. The van der Waals surface area contributed by atoms with E-state index in [9.17, 15) is 4.79 Å². The van der Waals surface area contributed by atoms with E-state index in [1.165, 1.54) is 0 Å². The number of carbonyl (C=O) groups excluding carboxylic acids is 1. The largest absolute Gasteiger partial charge is 0.492 e. The predicted molar refractivity (Wildman–Crippen MR) is 103 cm³/mol. The van der Waals surface area contributed by atoms with Crippen molar-refractivity contribution in [2.45, 2.75) is 33.3 Å². The fourth-order valence-corrected chi connectivity index (χ4v) is 3.44. The van der Waals surface area contributed by atoms with Crippen LogP contribution in [0.25, 0.3) is 11.0 Å². The molecule has 7 heteroatoms. The van der Waals surface area contributed by atoms with Gasteiger partial charge in [0, 0.05) is 36.7 Å². The first kappa shape index (κ1) is 17.3. The van der Waals surface area contributed by atoms with Gasteiger partial charge in [0.2, 0.25) is 0 Å². The summed E-state index contributed by atoms with van der Waals surface area (Å²) in [5.74, 6) is 1.19. The van der Waals surface area contributed by atoms with E-state index >= 15 is 0 Å². The summed E-state index contributed by atoms with van der Waals surface area (Å²) in [5.41, 5.74) is 3.75. The monoisotopic (exact) mass is 366 g/mol. The number of nitrogens with zero attached hydrogens (tertiary/aromatic N) is 3. The minimum Gasteiger partial charge on any atom is -0.492 e. The fourth-order valence-electron chi connectivity index (χ4n) is 3.44. The first-order chi connectivity index (χ1) is 13.0. The number of pyridine rings is 1. The maximum absolute atomic E-state index is 12.8. The summed E-state index contributed by atoms with van der Waals surface area (Å²) in [7, 11) is 1.84. The fraction of sp³-hybridized carbons (Fsp3) is 0.350. The lowest BCUT2D eigenvalue weighted by Gasteiger charge is -2.13. The van der Waals surface area contributed by atoms with Gasteiger partial charge in [0.15, 0.2) is 5.65 Å². The summed E-state index contributed by atoms with van der Waals surface area (Å²) in [6.45, 7) is 6.36. The van der Waals surface area contributed by atoms with Crippen molar-refractivity contribution >= 4 is 22.6 Å². The molecule has 1 aliphatic rings. The van der Waals surface area contributed by atoms with Gasteiger partial charge >= 0.3 is 0 Å². The van der Waals surface area contributed by atoms with Crippen LogP contribution in [0.15, 0.2) is 24.4 Å². The zero-order valence-corrected chi connectivity index (χ0v) is 15.9. The van der Waals surface area contributed by atoms with E-state index in [-0.39, 0.29) is 12.0 Å². The first-order valence-corrected chi connectivity index (χ1v) is 9.03. The summed E-state index contributed by atoms with van der Waals surface area (Å²) in [6.07, 6.45) is 2.52. The third-order valence-electron chi connectivity index (χ3n) is 4.67. The lowest BCUT2D eigenvalue weighted by atomic mass is 10.1. The summed E-state index contributed by atoms with van der Waals surface area (Å²) < 4.78 is 13.2. The molecule has 1 amide bonds. The van der Waals surface area contributed by atoms with Crippen molar-refractivity contribution in [3.05, 3.63) is 41.2 Å². The third-order valence-corrected chi connectivity index (χ3v) is 4.67. The molecule has 1 aliphatic heterocycles. The molecule has 1 aromatic carbocycles. The van der Waals surface area contributed by atoms with Gasteiger partial charge in [-0.1, -0.05) is 0 Å². The topological polar surface area (TPSA) is 78.3 Å². The van der Waals surface area contributed by atoms with E-state index in [0.29, 0.717) is 23.6 Å². The molecule has 27 heavy (non-hydrogen) atoms. The molecule has 0 fully saturated rings. The van der Waals surface area contributed by atoms with Crippen molar-refractivity contribution < 1.29 is 14.3 Å². The number of benzene rings is 1. The first-order valence-electron chi connectivity index (χ1n) is 9.03. The molecule has 4 rings (SSSR count). The number of anilines is 1. The van der Waals surface area contributed by atoms with Crippen molar-refractivity contribution in [2.24, 2.45) is 7.05 Å². The van der Waals surface area contributed by atoms with E-state index in [2.05, 4.69) is 15.4 Å². The van der Waals surface area contributed by atoms with Crippen LogP contribution in [0.2, 0.25) is 0 Å². The van der Waals surface area contributed by atoms with Crippen LogP contribution < -0.4 is 14.8 Å². The van der Waals surface area contributed by atoms with Crippen LogP contribution in [-0.2, 0) is 13.5 Å². The zero-order valence-electron chi connectivity index (χ0n) is 15.9. The molecule has 0 saturated heterocycles. The van der Waals surface area contributed by atoms with Gasteiger partial charge in [0.25, 0.3) is 5.91 Å². The summed E-state index contributed by atoms with van der Waals surface area (Å²) in [4.78, 5) is 17.2. The molecule has 7 nitrogen and oxygen atoms in total. The minimum absolute atomic E-state index is 0.126. The number of carbonyl (C=O) groups is 1. The molecule has 1 N–H and O–H groups in total. The number of hydrogen-bond acceptors (Lipinski definition) is 5. The molecule has 3 aromatic rings. The second-order valence-corrected chi connectivity index (χ2v) is 6.78. The van der Waals surface area contributed by atoms with Crippen LogP contribution in [0.1, 0.15) is 35.5 Å². The number of aryl methyl sites for hydroxylation is 2. The normalized spacial score (nSPS) is 15.5. The van der Waals surface area contributed by atoms with Crippen molar-refractivity contribution in [2.75, 3.05) is 11.9 Å². The van der Waals surface area contributed by atoms with Crippen LogP contribution in [0.4, 0.5) is 5.69 Å².